The second-order valence-electron chi connectivity index (χ2n) is 13.8. The van der Waals surface area contributed by atoms with Gasteiger partial charge in [0.2, 0.25) is 5.91 Å². The number of hydrogen-bond acceptors (Lipinski definition) is 8. The Hall–Kier alpha value is -1.73. The maximum Gasteiger partial charge on any atom is 0.223 e. The third-order valence-corrected chi connectivity index (χ3v) is 11.7. The highest BCUT2D eigenvalue weighted by Crippen LogP contribution is 2.33. The number of nitrogens with zero attached hydrogens (tertiary/aromatic N) is 3. The number of ether oxygens (including phenoxy) is 1. The van der Waals surface area contributed by atoms with E-state index in [1.54, 1.807) is 6.20 Å². The van der Waals surface area contributed by atoms with Crippen molar-refractivity contribution < 1.29 is 19.1 Å². The lowest BCUT2D eigenvalue weighted by Crippen LogP contribution is -2.59. The van der Waals surface area contributed by atoms with Gasteiger partial charge in [-0.15, -0.1) is 0 Å². The summed E-state index contributed by atoms with van der Waals surface area (Å²) in [5.41, 5.74) is 2.58. The lowest BCUT2D eigenvalue weighted by molar-refractivity contribution is -0.128. The number of aliphatic hydroxyl groups excluding tert-OH is 1. The summed E-state index contributed by atoms with van der Waals surface area (Å²) in [6, 6.07) is 5.40. The van der Waals surface area contributed by atoms with Crippen molar-refractivity contribution >= 4 is 28.5 Å². The van der Waals surface area contributed by atoms with Crippen molar-refractivity contribution in [3.63, 3.8) is 0 Å². The number of β-amino-alcohol motifs (C(OH)–C–C–N with tert-alkyl or cyclic N) is 1. The van der Waals surface area contributed by atoms with Crippen molar-refractivity contribution in [1.29, 1.82) is 0 Å². The first-order valence-electron chi connectivity index (χ1n) is 17.5. The minimum atomic E-state index is -0.595. The van der Waals surface area contributed by atoms with Crippen LogP contribution in [0.15, 0.2) is 29.1 Å². The molecule has 4 aliphatic rings. The summed E-state index contributed by atoms with van der Waals surface area (Å²) >= 11 is 2.38. The molecule has 0 spiro atoms. The first-order chi connectivity index (χ1) is 22.0. The number of hydrogen-bond donors (Lipinski definition) is 3. The van der Waals surface area contributed by atoms with E-state index in [-0.39, 0.29) is 11.8 Å². The molecule has 1 aromatic carbocycles. The van der Waals surface area contributed by atoms with E-state index in [2.05, 4.69) is 54.1 Å². The Balaban J connectivity index is 0.970. The van der Waals surface area contributed by atoms with Crippen LogP contribution in [0.25, 0.3) is 0 Å². The number of fused-ring (bicyclic) bond motifs is 1. The summed E-state index contributed by atoms with van der Waals surface area (Å²) in [6.07, 6.45) is 20.1. The maximum atomic E-state index is 13.4. The van der Waals surface area contributed by atoms with E-state index in [1.807, 2.05) is 6.07 Å². The number of carbonyl (C=O) groups is 1. The van der Waals surface area contributed by atoms with Gasteiger partial charge in [0.15, 0.2) is 12.2 Å². The van der Waals surface area contributed by atoms with Crippen molar-refractivity contribution in [2.24, 2.45) is 5.92 Å². The molecule has 0 radical (unpaired) electrons. The summed E-state index contributed by atoms with van der Waals surface area (Å²) in [4.78, 5) is 22.4. The number of benzene rings is 1. The molecule has 9 nitrogen and oxygen atoms in total. The number of rotatable bonds is 11. The van der Waals surface area contributed by atoms with Crippen LogP contribution in [0, 0.1) is 9.49 Å². The average Bonchev–Trinajstić information content (AvgIpc) is 3.59. The van der Waals surface area contributed by atoms with Gasteiger partial charge in [-0.25, -0.2) is 4.98 Å². The van der Waals surface area contributed by atoms with Gasteiger partial charge >= 0.3 is 0 Å². The molecule has 2 aromatic rings. The Morgan fingerprint density at radius 2 is 1.87 bits per heavy atom. The molecule has 3 atom stereocenters. The Morgan fingerprint density at radius 3 is 2.60 bits per heavy atom. The van der Waals surface area contributed by atoms with Gasteiger partial charge in [-0.2, -0.15) is 0 Å². The molecule has 3 N–H and O–H groups in total. The number of aromatic nitrogens is 1. The third-order valence-electron chi connectivity index (χ3n) is 10.6. The van der Waals surface area contributed by atoms with Crippen molar-refractivity contribution in [2.45, 2.75) is 127 Å². The predicted molar refractivity (Wildman–Crippen MR) is 183 cm³/mol. The highest BCUT2D eigenvalue weighted by Gasteiger charge is 2.37. The van der Waals surface area contributed by atoms with E-state index in [0.717, 1.165) is 48.2 Å². The first-order valence-corrected chi connectivity index (χ1v) is 18.6. The highest BCUT2D eigenvalue weighted by molar-refractivity contribution is 14.1. The largest absolute Gasteiger partial charge is 0.484 e. The number of piperidine rings is 1. The minimum Gasteiger partial charge on any atom is -0.484 e. The fourth-order valence-electron chi connectivity index (χ4n) is 7.72. The minimum absolute atomic E-state index is 0.00626. The molecule has 1 saturated heterocycles. The van der Waals surface area contributed by atoms with E-state index in [4.69, 9.17) is 9.15 Å². The van der Waals surface area contributed by atoms with Crippen molar-refractivity contribution in [3.8, 4) is 5.75 Å². The molecule has 2 aliphatic heterocycles. The fraction of sp³-hybridized carbons (Fsp3) is 0.714. The van der Waals surface area contributed by atoms with Gasteiger partial charge in [0.25, 0.3) is 0 Å². The standard InChI is InChI=1S/C35H52IN5O4/c36-34-31-15-16-40(21-26(31)12-13-32(34)44-23-30-20-37-24-45-30)22-29(42)19-38-35(43)25-14-17-41(33(18-25)39-27-8-7-9-27)28-10-5-3-1-2-4-6-11-28/h12-13,20,24-25,27-29,33,39,42H,1-11,14-19,21-23H2,(H,38,43)/t25?,29-,33?/m0/s1. The zero-order valence-electron chi connectivity index (χ0n) is 26.7. The van der Waals surface area contributed by atoms with Crippen LogP contribution in [-0.4, -0.2) is 76.3 Å². The van der Waals surface area contributed by atoms with Crippen LogP contribution in [0.4, 0.5) is 0 Å². The van der Waals surface area contributed by atoms with Crippen LogP contribution in [-0.2, 0) is 24.4 Å². The van der Waals surface area contributed by atoms with Gasteiger partial charge in [0.05, 0.1) is 22.0 Å². The molecule has 3 heterocycles. The second kappa shape index (κ2) is 16.4. The molecule has 3 fully saturated rings. The highest BCUT2D eigenvalue weighted by atomic mass is 127. The quantitative estimate of drug-likeness (QED) is 0.265. The molecular weight excluding hydrogens is 681 g/mol. The van der Waals surface area contributed by atoms with Crippen molar-refractivity contribution in [1.82, 2.24) is 25.4 Å². The van der Waals surface area contributed by atoms with E-state index < -0.39 is 6.10 Å². The number of carbonyl (C=O) groups excluding carboxylic acids is 1. The second-order valence-corrected chi connectivity index (χ2v) is 14.9. The van der Waals surface area contributed by atoms with Crippen LogP contribution in [0.5, 0.6) is 5.75 Å². The van der Waals surface area contributed by atoms with Gasteiger partial charge in [-0.05, 0) is 84.7 Å². The van der Waals surface area contributed by atoms with Crippen molar-refractivity contribution in [3.05, 3.63) is 45.2 Å². The molecule has 6 rings (SSSR count). The molecule has 2 aliphatic carbocycles. The number of halogens is 1. The molecule has 45 heavy (non-hydrogen) atoms. The third kappa shape index (κ3) is 9.00. The topological polar surface area (TPSA) is 103 Å². The lowest BCUT2D eigenvalue weighted by atomic mass is 9.87. The normalized spacial score (nSPS) is 24.9. The molecule has 10 heteroatoms. The number of likely N-dealkylation sites (tertiary alicyclic amines) is 1. The average molecular weight is 734 g/mol. The summed E-state index contributed by atoms with van der Waals surface area (Å²) in [5.74, 6) is 1.68. The predicted octanol–water partition coefficient (Wildman–Crippen LogP) is 5.38. The van der Waals surface area contributed by atoms with E-state index in [1.165, 1.54) is 88.1 Å². The Labute approximate surface area is 282 Å². The molecule has 0 bridgehead atoms. The number of aliphatic hydroxyl groups is 1. The SMILES string of the molecule is O=C(NC[C@H](O)CN1CCc2c(ccc(OCc3cnco3)c2I)C1)C1CCN(C2CCCCCCCC2)C(NC2CCC2)C1. The van der Waals surface area contributed by atoms with Gasteiger partial charge in [0, 0.05) is 50.7 Å². The van der Waals surface area contributed by atoms with Crippen LogP contribution in [0.3, 0.4) is 0 Å². The maximum absolute atomic E-state index is 13.4. The zero-order chi connectivity index (χ0) is 31.0. The van der Waals surface area contributed by atoms with Crippen LogP contribution in [0.1, 0.15) is 100 Å². The molecule has 2 unspecified atom stereocenters. The van der Waals surface area contributed by atoms with E-state index in [0.29, 0.717) is 43.7 Å². The number of nitrogens with one attached hydrogen (secondary N) is 2. The number of amides is 1. The fourth-order valence-corrected chi connectivity index (χ4v) is 8.67. The lowest BCUT2D eigenvalue weighted by Gasteiger charge is -2.46. The van der Waals surface area contributed by atoms with Crippen LogP contribution >= 0.6 is 22.6 Å². The number of oxazole rings is 1. The molecule has 1 amide bonds. The molecule has 248 valence electrons. The Kier molecular flexibility index (Phi) is 12.1. The van der Waals surface area contributed by atoms with E-state index >= 15 is 0 Å². The monoisotopic (exact) mass is 733 g/mol. The zero-order valence-corrected chi connectivity index (χ0v) is 28.9. The van der Waals surface area contributed by atoms with Gasteiger partial charge in [-0.1, -0.05) is 51.0 Å². The van der Waals surface area contributed by atoms with Gasteiger partial charge in [-0.3, -0.25) is 19.9 Å². The van der Waals surface area contributed by atoms with Gasteiger partial charge in [0.1, 0.15) is 12.4 Å². The first kappa shape index (κ1) is 33.2. The molecule has 2 saturated carbocycles. The summed E-state index contributed by atoms with van der Waals surface area (Å²) < 4.78 is 12.4. The Bertz CT molecular complexity index is 1210. The van der Waals surface area contributed by atoms with Crippen LogP contribution < -0.4 is 15.4 Å². The van der Waals surface area contributed by atoms with Gasteiger partial charge < -0.3 is 19.6 Å². The smallest absolute Gasteiger partial charge is 0.223 e. The van der Waals surface area contributed by atoms with Crippen molar-refractivity contribution in [2.75, 3.05) is 26.2 Å². The summed E-state index contributed by atoms with van der Waals surface area (Å²) in [6.45, 7) is 3.86. The molecule has 1 aromatic heterocycles. The van der Waals surface area contributed by atoms with Crippen LogP contribution in [0.2, 0.25) is 0 Å². The summed E-state index contributed by atoms with van der Waals surface area (Å²) in [7, 11) is 0. The van der Waals surface area contributed by atoms with E-state index in [9.17, 15) is 9.90 Å². The molecular formula is C35H52IN5O4. The summed E-state index contributed by atoms with van der Waals surface area (Å²) in [5, 5.41) is 18.0. The Morgan fingerprint density at radius 1 is 1.07 bits per heavy atom.